The molecule has 1 spiro atoms. The van der Waals surface area contributed by atoms with Crippen molar-refractivity contribution in [1.82, 2.24) is 0 Å². The van der Waals surface area contributed by atoms with E-state index in [1.54, 1.807) is 0 Å². The Morgan fingerprint density at radius 1 is 0.283 bits per heavy atom. The molecule has 9 aromatic carbocycles. The number of hydrogen-bond acceptors (Lipinski definition) is 2. The van der Waals surface area contributed by atoms with Crippen LogP contribution in [0.3, 0.4) is 0 Å². The topological polar surface area (TPSA) is 6.48 Å². The number of nitrogens with zero attached hydrogens (tertiary/aromatic N) is 2. The van der Waals surface area contributed by atoms with Crippen molar-refractivity contribution in [3.8, 4) is 22.3 Å². The molecule has 0 saturated carbocycles. The molecule has 0 bridgehead atoms. The average Bonchev–Trinajstić information content (AvgIpc) is 3.62. The lowest BCUT2D eigenvalue weighted by Crippen LogP contribution is -2.40. The van der Waals surface area contributed by atoms with Gasteiger partial charge in [-0.3, -0.25) is 0 Å². The van der Waals surface area contributed by atoms with Crippen LogP contribution in [0.25, 0.3) is 22.3 Å². The van der Waals surface area contributed by atoms with Crippen LogP contribution in [0.15, 0.2) is 231 Å². The molecule has 0 unspecified atom stereocenters. The first-order valence-corrected chi connectivity index (χ1v) is 20.9. The lowest BCUT2D eigenvalue weighted by atomic mass is 9.55. The molecule has 11 rings (SSSR count). The Labute approximate surface area is 353 Å². The number of para-hydroxylation sites is 2. The van der Waals surface area contributed by atoms with Gasteiger partial charge in [0.15, 0.2) is 0 Å². The van der Waals surface area contributed by atoms with Gasteiger partial charge in [-0.25, -0.2) is 0 Å². The molecular weight excluding hydrogens is 725 g/mol. The average molecular weight is 769 g/mol. The van der Waals surface area contributed by atoms with E-state index in [1.165, 1.54) is 55.6 Å². The summed E-state index contributed by atoms with van der Waals surface area (Å²) in [5, 5.41) is 0. The summed E-state index contributed by atoms with van der Waals surface area (Å²) in [4.78, 5) is 4.79. The Kier molecular flexibility index (Phi) is 8.42. The minimum Gasteiger partial charge on any atom is -0.311 e. The normalized spacial score (nSPS) is 13.8. The zero-order valence-electron chi connectivity index (χ0n) is 33.8. The molecule has 0 N–H and O–H groups in total. The molecule has 2 aliphatic carbocycles. The van der Waals surface area contributed by atoms with Crippen molar-refractivity contribution in [2.24, 2.45) is 0 Å². The Hall–Kier alpha value is -7.42. The van der Waals surface area contributed by atoms with E-state index in [0.29, 0.717) is 0 Å². The fourth-order valence-corrected chi connectivity index (χ4v) is 10.3. The highest BCUT2D eigenvalue weighted by molar-refractivity contribution is 5.98. The van der Waals surface area contributed by atoms with Crippen LogP contribution in [0.4, 0.5) is 34.1 Å². The molecule has 286 valence electrons. The van der Waals surface area contributed by atoms with Crippen LogP contribution >= 0.6 is 0 Å². The van der Waals surface area contributed by atoms with Crippen molar-refractivity contribution in [2.45, 2.75) is 24.7 Å². The van der Waals surface area contributed by atoms with Crippen LogP contribution < -0.4 is 9.80 Å². The lowest BCUT2D eigenvalue weighted by Gasteiger charge is -2.46. The van der Waals surface area contributed by atoms with Gasteiger partial charge in [-0.2, -0.15) is 0 Å². The second-order valence-electron chi connectivity index (χ2n) is 16.5. The molecule has 0 fully saturated rings. The van der Waals surface area contributed by atoms with E-state index in [-0.39, 0.29) is 5.41 Å². The van der Waals surface area contributed by atoms with E-state index < -0.39 is 5.41 Å². The second-order valence-corrected chi connectivity index (χ2v) is 16.5. The number of benzene rings is 9. The Morgan fingerprint density at radius 3 is 1.22 bits per heavy atom. The third-order valence-corrected chi connectivity index (χ3v) is 12.9. The van der Waals surface area contributed by atoms with Gasteiger partial charge in [0.2, 0.25) is 0 Å². The summed E-state index contributed by atoms with van der Waals surface area (Å²) in [6.45, 7) is 4.77. The maximum Gasteiger partial charge on any atom is 0.0720 e. The van der Waals surface area contributed by atoms with Crippen LogP contribution in [0.1, 0.15) is 47.2 Å². The molecule has 2 heteroatoms. The smallest absolute Gasteiger partial charge is 0.0720 e. The van der Waals surface area contributed by atoms with E-state index in [0.717, 1.165) is 34.1 Å². The van der Waals surface area contributed by atoms with Gasteiger partial charge in [0.05, 0.1) is 11.1 Å². The van der Waals surface area contributed by atoms with Gasteiger partial charge in [-0.15, -0.1) is 0 Å². The lowest BCUT2D eigenvalue weighted by molar-refractivity contribution is 0.563. The first kappa shape index (κ1) is 35.7. The largest absolute Gasteiger partial charge is 0.311 e. The van der Waals surface area contributed by atoms with Crippen LogP contribution in [0.2, 0.25) is 0 Å². The number of anilines is 6. The third kappa shape index (κ3) is 5.41. The molecule has 0 saturated heterocycles. The fraction of sp³-hybridized carbons (Fsp3) is 0.0690. The fourth-order valence-electron chi connectivity index (χ4n) is 10.3. The highest BCUT2D eigenvalue weighted by Crippen LogP contribution is 2.64. The number of fused-ring (bicyclic) bond motifs is 9. The first-order chi connectivity index (χ1) is 29.5. The molecule has 0 aromatic heterocycles. The standard InChI is InChI=1S/C58H44N2/c1-57(2)50-27-14-16-29-52(50)58(53-30-17-15-28-51(53)57)49-26-13-12-25-48(49)56-54(58)31-18-32-55(56)60(46-35-33-42(34-36-46)41-19-6-3-7-20-41)47-39-37-45(38-40-47)59(43-21-8-4-9-22-43)44-23-10-5-11-24-44/h3-40H,1-2H3. The quantitative estimate of drug-likeness (QED) is 0.159. The monoisotopic (exact) mass is 768 g/mol. The van der Waals surface area contributed by atoms with Crippen LogP contribution in [-0.2, 0) is 10.8 Å². The molecule has 9 aromatic rings. The minimum atomic E-state index is -0.483. The Morgan fingerprint density at radius 2 is 0.667 bits per heavy atom. The molecule has 0 amide bonds. The molecule has 2 nitrogen and oxygen atoms in total. The van der Waals surface area contributed by atoms with Gasteiger partial charge in [0, 0.05) is 39.4 Å². The summed E-state index contributed by atoms with van der Waals surface area (Å²) in [7, 11) is 0. The Bertz CT molecular complexity index is 2900. The van der Waals surface area contributed by atoms with E-state index in [4.69, 9.17) is 0 Å². The molecule has 0 atom stereocenters. The molecule has 2 aliphatic rings. The van der Waals surface area contributed by atoms with Gasteiger partial charge in [0.25, 0.3) is 0 Å². The predicted molar refractivity (Wildman–Crippen MR) is 251 cm³/mol. The van der Waals surface area contributed by atoms with Crippen molar-refractivity contribution in [1.29, 1.82) is 0 Å². The van der Waals surface area contributed by atoms with Gasteiger partial charge in [0.1, 0.15) is 0 Å². The molecule has 0 heterocycles. The van der Waals surface area contributed by atoms with Crippen molar-refractivity contribution >= 4 is 34.1 Å². The predicted octanol–water partition coefficient (Wildman–Crippen LogP) is 15.3. The van der Waals surface area contributed by atoms with Crippen molar-refractivity contribution < 1.29 is 0 Å². The summed E-state index contributed by atoms with van der Waals surface area (Å²) in [6, 6.07) is 84.5. The van der Waals surface area contributed by atoms with Crippen LogP contribution in [-0.4, -0.2) is 0 Å². The zero-order chi connectivity index (χ0) is 40.3. The third-order valence-electron chi connectivity index (χ3n) is 12.9. The van der Waals surface area contributed by atoms with Crippen molar-refractivity contribution in [3.05, 3.63) is 264 Å². The summed E-state index contributed by atoms with van der Waals surface area (Å²) in [5.41, 5.74) is 19.1. The van der Waals surface area contributed by atoms with Crippen molar-refractivity contribution in [2.75, 3.05) is 9.80 Å². The van der Waals surface area contributed by atoms with Gasteiger partial charge >= 0.3 is 0 Å². The SMILES string of the molecule is CC1(C)c2ccccc2C2(c3ccccc3-c3c(N(c4ccc(-c5ccccc5)cc4)c4ccc(N(c5ccccc5)c5ccccc5)cc4)cccc32)c2ccccc21. The zero-order valence-corrected chi connectivity index (χ0v) is 33.8. The summed E-state index contributed by atoms with van der Waals surface area (Å²) < 4.78 is 0. The summed E-state index contributed by atoms with van der Waals surface area (Å²) >= 11 is 0. The van der Waals surface area contributed by atoms with Crippen LogP contribution in [0.5, 0.6) is 0 Å². The van der Waals surface area contributed by atoms with Gasteiger partial charge in [-0.1, -0.05) is 178 Å². The molecule has 60 heavy (non-hydrogen) atoms. The molecule has 0 radical (unpaired) electrons. The maximum atomic E-state index is 2.47. The number of hydrogen-bond donors (Lipinski definition) is 0. The summed E-state index contributed by atoms with van der Waals surface area (Å²) in [5.74, 6) is 0. The van der Waals surface area contributed by atoms with Gasteiger partial charge < -0.3 is 9.80 Å². The minimum absolute atomic E-state index is 0.157. The van der Waals surface area contributed by atoms with E-state index in [2.05, 4.69) is 254 Å². The molecular formula is C58H44N2. The summed E-state index contributed by atoms with van der Waals surface area (Å²) in [6.07, 6.45) is 0. The molecule has 0 aliphatic heterocycles. The number of rotatable bonds is 7. The van der Waals surface area contributed by atoms with E-state index in [9.17, 15) is 0 Å². The maximum absolute atomic E-state index is 2.47. The van der Waals surface area contributed by atoms with E-state index >= 15 is 0 Å². The Balaban J connectivity index is 1.14. The first-order valence-electron chi connectivity index (χ1n) is 20.9. The highest BCUT2D eigenvalue weighted by Gasteiger charge is 2.53. The van der Waals surface area contributed by atoms with Crippen molar-refractivity contribution in [3.63, 3.8) is 0 Å². The highest BCUT2D eigenvalue weighted by atomic mass is 15.2. The second kappa shape index (κ2) is 14.1. The van der Waals surface area contributed by atoms with Crippen LogP contribution in [0, 0.1) is 0 Å². The van der Waals surface area contributed by atoms with E-state index in [1.807, 2.05) is 0 Å². The van der Waals surface area contributed by atoms with Gasteiger partial charge in [-0.05, 0) is 117 Å².